The van der Waals surface area contributed by atoms with Gasteiger partial charge in [-0.2, -0.15) is 0 Å². The highest BCUT2D eigenvalue weighted by atomic mass is 16.1. The van der Waals surface area contributed by atoms with Crippen LogP contribution in [-0.4, -0.2) is 43.0 Å². The van der Waals surface area contributed by atoms with Crippen molar-refractivity contribution >= 4 is 11.5 Å². The Bertz CT molecular complexity index is 717. The van der Waals surface area contributed by atoms with Crippen molar-refractivity contribution in [1.29, 1.82) is 0 Å². The number of nitrogens with zero attached hydrogens (tertiary/aromatic N) is 1. The van der Waals surface area contributed by atoms with Crippen LogP contribution in [-0.2, 0) is 11.2 Å². The molecule has 158 valence electrons. The van der Waals surface area contributed by atoms with Crippen molar-refractivity contribution in [2.24, 2.45) is 0 Å². The van der Waals surface area contributed by atoms with Crippen LogP contribution in [0, 0.1) is 0 Å². The van der Waals surface area contributed by atoms with E-state index in [-0.39, 0.29) is 11.9 Å². The number of fused-ring (bicyclic) bond motifs is 1. The Labute approximate surface area is 176 Å². The zero-order chi connectivity index (χ0) is 20.1. The maximum atomic E-state index is 12.6. The molecule has 2 aliphatic heterocycles. The fourth-order valence-electron chi connectivity index (χ4n) is 5.24. The first kappa shape index (κ1) is 20.6. The molecular weight excluding hydrogens is 358 g/mol. The second-order valence-corrected chi connectivity index (χ2v) is 9.22. The first-order valence-electron chi connectivity index (χ1n) is 11.7. The van der Waals surface area contributed by atoms with Crippen molar-refractivity contribution < 1.29 is 4.79 Å². The second kappa shape index (κ2) is 9.90. The first-order chi connectivity index (χ1) is 14.2. The first-order valence-corrected chi connectivity index (χ1v) is 11.7. The maximum Gasteiger partial charge on any atom is 0.222 e. The van der Waals surface area contributed by atoms with Gasteiger partial charge in [-0.1, -0.05) is 37.6 Å². The quantitative estimate of drug-likeness (QED) is 0.758. The number of rotatable bonds is 6. The summed E-state index contributed by atoms with van der Waals surface area (Å²) in [6.07, 6.45) is 11.5. The van der Waals surface area contributed by atoms with Gasteiger partial charge >= 0.3 is 0 Å². The Kier molecular flexibility index (Phi) is 7.04. The molecule has 2 atom stereocenters. The predicted molar refractivity (Wildman–Crippen MR) is 120 cm³/mol. The number of likely N-dealkylation sites (tertiary alicyclic amines) is 1. The largest absolute Gasteiger partial charge is 0.349 e. The van der Waals surface area contributed by atoms with Crippen LogP contribution < -0.4 is 10.6 Å². The van der Waals surface area contributed by atoms with Gasteiger partial charge in [-0.05, 0) is 86.8 Å². The van der Waals surface area contributed by atoms with E-state index in [2.05, 4.69) is 40.3 Å². The molecule has 1 amide bonds. The van der Waals surface area contributed by atoms with E-state index in [0.29, 0.717) is 12.5 Å². The number of benzene rings is 1. The van der Waals surface area contributed by atoms with Crippen LogP contribution >= 0.6 is 0 Å². The molecule has 2 fully saturated rings. The molecule has 4 heteroatoms. The summed E-state index contributed by atoms with van der Waals surface area (Å²) in [5, 5.41) is 6.81. The lowest BCUT2D eigenvalue weighted by Gasteiger charge is -2.30. The molecule has 2 saturated heterocycles. The molecule has 0 saturated carbocycles. The van der Waals surface area contributed by atoms with Crippen molar-refractivity contribution in [2.75, 3.05) is 26.2 Å². The monoisotopic (exact) mass is 395 g/mol. The van der Waals surface area contributed by atoms with E-state index in [1.807, 2.05) is 0 Å². The lowest BCUT2D eigenvalue weighted by atomic mass is 9.85. The van der Waals surface area contributed by atoms with Crippen molar-refractivity contribution in [1.82, 2.24) is 15.5 Å². The topological polar surface area (TPSA) is 44.4 Å². The molecule has 4 rings (SSSR count). The highest BCUT2D eigenvalue weighted by Crippen LogP contribution is 2.32. The molecular formula is C25H37N3O. The van der Waals surface area contributed by atoms with E-state index in [1.54, 1.807) is 0 Å². The van der Waals surface area contributed by atoms with Gasteiger partial charge in [0.15, 0.2) is 0 Å². The Morgan fingerprint density at radius 3 is 2.76 bits per heavy atom. The van der Waals surface area contributed by atoms with Crippen LogP contribution in [0.15, 0.2) is 24.8 Å². The summed E-state index contributed by atoms with van der Waals surface area (Å²) in [5.74, 6) is 0.195. The summed E-state index contributed by atoms with van der Waals surface area (Å²) >= 11 is 0. The number of hydrogen-bond acceptors (Lipinski definition) is 3. The normalized spacial score (nSPS) is 25.2. The molecule has 0 aromatic heterocycles. The van der Waals surface area contributed by atoms with Crippen molar-refractivity contribution in [3.05, 3.63) is 41.5 Å². The minimum Gasteiger partial charge on any atom is -0.349 e. The summed E-state index contributed by atoms with van der Waals surface area (Å²) in [6.45, 7) is 8.82. The molecule has 2 heterocycles. The van der Waals surface area contributed by atoms with Gasteiger partial charge in [-0.25, -0.2) is 0 Å². The Morgan fingerprint density at radius 2 is 1.97 bits per heavy atom. The average Bonchev–Trinajstić information content (AvgIpc) is 2.75. The summed E-state index contributed by atoms with van der Waals surface area (Å²) < 4.78 is 0. The van der Waals surface area contributed by atoms with E-state index in [0.717, 1.165) is 38.8 Å². The van der Waals surface area contributed by atoms with Crippen LogP contribution in [0.4, 0.5) is 0 Å². The van der Waals surface area contributed by atoms with E-state index in [1.165, 1.54) is 67.5 Å². The van der Waals surface area contributed by atoms with Crippen molar-refractivity contribution in [3.63, 3.8) is 0 Å². The molecule has 0 bridgehead atoms. The van der Waals surface area contributed by atoms with Crippen molar-refractivity contribution in [2.45, 2.75) is 76.3 Å². The van der Waals surface area contributed by atoms with Gasteiger partial charge in [0.1, 0.15) is 0 Å². The third-order valence-electron chi connectivity index (χ3n) is 6.91. The SMILES string of the molecule is C=C(CN1CCCCC1)c1ccc2c(c1)CCC[C@H]2NC(=O)C[C@@H]1CCCCN1. The number of hydrogen-bond donors (Lipinski definition) is 2. The number of aryl methyl sites for hydroxylation is 1. The number of amides is 1. The molecule has 1 aromatic rings. The van der Waals surface area contributed by atoms with Crippen molar-refractivity contribution in [3.8, 4) is 0 Å². The number of piperidine rings is 2. The molecule has 3 aliphatic rings. The zero-order valence-electron chi connectivity index (χ0n) is 17.8. The minimum atomic E-state index is 0.166. The highest BCUT2D eigenvalue weighted by Gasteiger charge is 2.24. The Hall–Kier alpha value is -1.65. The molecule has 2 N–H and O–H groups in total. The minimum absolute atomic E-state index is 0.166. The number of carbonyl (C=O) groups is 1. The third-order valence-corrected chi connectivity index (χ3v) is 6.91. The van der Waals surface area contributed by atoms with Crippen LogP contribution in [0.5, 0.6) is 0 Å². The summed E-state index contributed by atoms with van der Waals surface area (Å²) in [7, 11) is 0. The third kappa shape index (κ3) is 5.49. The Balaban J connectivity index is 1.37. The highest BCUT2D eigenvalue weighted by molar-refractivity contribution is 5.77. The van der Waals surface area contributed by atoms with Crippen LogP contribution in [0.3, 0.4) is 0 Å². The van der Waals surface area contributed by atoms with Gasteiger partial charge in [-0.3, -0.25) is 9.69 Å². The zero-order valence-corrected chi connectivity index (χ0v) is 17.8. The van der Waals surface area contributed by atoms with Crippen LogP contribution in [0.1, 0.15) is 80.5 Å². The fourth-order valence-corrected chi connectivity index (χ4v) is 5.24. The molecule has 4 nitrogen and oxygen atoms in total. The van der Waals surface area contributed by atoms with Gasteiger partial charge in [0.2, 0.25) is 5.91 Å². The predicted octanol–water partition coefficient (Wildman–Crippen LogP) is 4.21. The lowest BCUT2D eigenvalue weighted by molar-refractivity contribution is -0.122. The van der Waals surface area contributed by atoms with Gasteiger partial charge in [0.25, 0.3) is 0 Å². The van der Waals surface area contributed by atoms with Gasteiger partial charge in [0.05, 0.1) is 6.04 Å². The number of nitrogens with one attached hydrogen (secondary N) is 2. The van der Waals surface area contributed by atoms with E-state index in [9.17, 15) is 4.79 Å². The van der Waals surface area contributed by atoms with Gasteiger partial charge in [0, 0.05) is 19.0 Å². The summed E-state index contributed by atoms with van der Waals surface area (Å²) in [6, 6.07) is 7.32. The smallest absolute Gasteiger partial charge is 0.222 e. The maximum absolute atomic E-state index is 12.6. The fraction of sp³-hybridized carbons (Fsp3) is 0.640. The molecule has 29 heavy (non-hydrogen) atoms. The van der Waals surface area contributed by atoms with Gasteiger partial charge < -0.3 is 10.6 Å². The van der Waals surface area contributed by atoms with Crippen LogP contribution in [0.25, 0.3) is 5.57 Å². The molecule has 0 radical (unpaired) electrons. The van der Waals surface area contributed by atoms with E-state index >= 15 is 0 Å². The summed E-state index contributed by atoms with van der Waals surface area (Å²) in [5.41, 5.74) is 5.21. The molecule has 1 aliphatic carbocycles. The standard InChI is InChI=1S/C25H37N3O/c1-19(18-28-14-5-2-6-15-28)20-11-12-23-21(16-20)8-7-10-24(23)27-25(29)17-22-9-3-4-13-26-22/h11-12,16,22,24,26H,1-10,13-15,17-18H2,(H,27,29)/t22-,24+/m0/s1. The van der Waals surface area contributed by atoms with Gasteiger partial charge in [-0.15, -0.1) is 0 Å². The molecule has 0 unspecified atom stereocenters. The lowest BCUT2D eigenvalue weighted by Crippen LogP contribution is -2.40. The van der Waals surface area contributed by atoms with E-state index < -0.39 is 0 Å². The summed E-state index contributed by atoms with van der Waals surface area (Å²) in [4.78, 5) is 15.2. The molecule has 0 spiro atoms. The molecule has 1 aromatic carbocycles. The van der Waals surface area contributed by atoms with E-state index in [4.69, 9.17) is 0 Å². The average molecular weight is 396 g/mol. The Morgan fingerprint density at radius 1 is 1.10 bits per heavy atom. The second-order valence-electron chi connectivity index (χ2n) is 9.22. The number of carbonyl (C=O) groups excluding carboxylic acids is 1. The van der Waals surface area contributed by atoms with Crippen LogP contribution in [0.2, 0.25) is 0 Å².